The van der Waals surface area contributed by atoms with Crippen LogP contribution in [-0.4, -0.2) is 53.1 Å². The molecule has 2 unspecified atom stereocenters. The predicted octanol–water partition coefficient (Wildman–Crippen LogP) is 4.10. The molecule has 0 heterocycles. The van der Waals surface area contributed by atoms with Gasteiger partial charge in [-0.25, -0.2) is 4.79 Å². The molecule has 30 heavy (non-hydrogen) atoms. The molecule has 0 fully saturated rings. The van der Waals surface area contributed by atoms with E-state index in [1.54, 1.807) is 0 Å². The molecule has 178 valence electrons. The first-order valence-corrected chi connectivity index (χ1v) is 12.8. The summed E-state index contributed by atoms with van der Waals surface area (Å²) in [6.07, 6.45) is 10.6. The topological polar surface area (TPSA) is 138 Å². The average Bonchev–Trinajstić information content (AvgIpc) is 2.64. The molecular formula is C21H40O8S. The number of aliphatic hydroxyl groups is 1. The number of carbonyl (C=O) groups excluding carboxylic acids is 1. The van der Waals surface area contributed by atoms with Crippen molar-refractivity contribution >= 4 is 22.1 Å². The monoisotopic (exact) mass is 452 g/mol. The summed E-state index contributed by atoms with van der Waals surface area (Å²) in [5, 5.41) is 18.2. The summed E-state index contributed by atoms with van der Waals surface area (Å²) in [7, 11) is -4.09. The molecule has 0 aliphatic heterocycles. The van der Waals surface area contributed by atoms with E-state index in [9.17, 15) is 23.1 Å². The first-order chi connectivity index (χ1) is 14.2. The third kappa shape index (κ3) is 18.8. The third-order valence-electron chi connectivity index (χ3n) is 4.98. The van der Waals surface area contributed by atoms with E-state index in [1.165, 1.54) is 44.9 Å². The van der Waals surface area contributed by atoms with Crippen LogP contribution in [0.2, 0.25) is 0 Å². The van der Waals surface area contributed by atoms with Crippen LogP contribution in [0.1, 0.15) is 103 Å². The number of hydrogen-bond donors (Lipinski definition) is 3. The number of aliphatic hydroxyl groups excluding tert-OH is 1. The number of esters is 1. The van der Waals surface area contributed by atoms with Gasteiger partial charge in [-0.3, -0.25) is 9.35 Å². The van der Waals surface area contributed by atoms with Crippen molar-refractivity contribution in [3.8, 4) is 0 Å². The summed E-state index contributed by atoms with van der Waals surface area (Å²) in [6, 6.07) is 0. The van der Waals surface area contributed by atoms with E-state index in [4.69, 9.17) is 14.4 Å². The summed E-state index contributed by atoms with van der Waals surface area (Å²) >= 11 is 0. The van der Waals surface area contributed by atoms with Crippen molar-refractivity contribution in [2.45, 2.75) is 115 Å². The van der Waals surface area contributed by atoms with Gasteiger partial charge in [-0.15, -0.1) is 0 Å². The quantitative estimate of drug-likeness (QED) is 0.143. The first-order valence-electron chi connectivity index (χ1n) is 11.2. The standard InChI is InChI=1S/C21H40O8S/c1-2-3-4-5-6-7-8-9-10-11-12-14-18(15-13-16-30(26,27)28)29-21(25)19(22)17-20(23)24/h18-19,22H,2-17H2,1H3,(H,23,24)(H,26,27,28). The molecule has 2 atom stereocenters. The zero-order valence-electron chi connectivity index (χ0n) is 18.3. The number of rotatable bonds is 20. The van der Waals surface area contributed by atoms with Crippen LogP contribution in [0.3, 0.4) is 0 Å². The highest BCUT2D eigenvalue weighted by molar-refractivity contribution is 7.85. The minimum Gasteiger partial charge on any atom is -0.481 e. The molecule has 0 bridgehead atoms. The van der Waals surface area contributed by atoms with Gasteiger partial charge in [0, 0.05) is 0 Å². The Morgan fingerprint density at radius 2 is 1.30 bits per heavy atom. The van der Waals surface area contributed by atoms with Crippen LogP contribution in [0.25, 0.3) is 0 Å². The van der Waals surface area contributed by atoms with E-state index in [2.05, 4.69) is 6.92 Å². The zero-order valence-corrected chi connectivity index (χ0v) is 19.1. The van der Waals surface area contributed by atoms with Crippen LogP contribution in [0.4, 0.5) is 0 Å². The van der Waals surface area contributed by atoms with Gasteiger partial charge < -0.3 is 14.9 Å². The van der Waals surface area contributed by atoms with Gasteiger partial charge in [-0.1, -0.05) is 71.1 Å². The van der Waals surface area contributed by atoms with Gasteiger partial charge in [0.25, 0.3) is 10.1 Å². The fraction of sp³-hybridized carbons (Fsp3) is 0.905. The molecule has 0 aromatic rings. The molecule has 0 aromatic carbocycles. The molecule has 3 N–H and O–H groups in total. The molecule has 0 saturated carbocycles. The molecule has 0 spiro atoms. The van der Waals surface area contributed by atoms with Gasteiger partial charge in [0.1, 0.15) is 6.10 Å². The summed E-state index contributed by atoms with van der Waals surface area (Å²) in [5.41, 5.74) is 0. The molecule has 0 aliphatic rings. The second kappa shape index (κ2) is 17.5. The molecule has 0 saturated heterocycles. The average molecular weight is 453 g/mol. The Balaban J connectivity index is 4.15. The Kier molecular flexibility index (Phi) is 16.8. The van der Waals surface area contributed by atoms with E-state index in [-0.39, 0.29) is 12.8 Å². The van der Waals surface area contributed by atoms with Gasteiger partial charge in [0.2, 0.25) is 0 Å². The lowest BCUT2D eigenvalue weighted by Crippen LogP contribution is -2.30. The fourth-order valence-corrected chi connectivity index (χ4v) is 3.81. The van der Waals surface area contributed by atoms with Gasteiger partial charge in [-0.05, 0) is 25.7 Å². The minimum absolute atomic E-state index is 0.115. The Labute approximate surface area is 181 Å². The van der Waals surface area contributed by atoms with Crippen LogP contribution in [0.15, 0.2) is 0 Å². The summed E-state index contributed by atoms with van der Waals surface area (Å²) in [4.78, 5) is 22.5. The first kappa shape index (κ1) is 28.8. The smallest absolute Gasteiger partial charge is 0.335 e. The molecule has 0 aliphatic carbocycles. The summed E-state index contributed by atoms with van der Waals surface area (Å²) in [6.45, 7) is 2.21. The lowest BCUT2D eigenvalue weighted by molar-refractivity contribution is -0.163. The predicted molar refractivity (Wildman–Crippen MR) is 115 cm³/mol. The van der Waals surface area contributed by atoms with Crippen LogP contribution >= 0.6 is 0 Å². The molecule has 8 nitrogen and oxygen atoms in total. The lowest BCUT2D eigenvalue weighted by atomic mass is 10.0. The van der Waals surface area contributed by atoms with Crippen molar-refractivity contribution in [2.24, 2.45) is 0 Å². The minimum atomic E-state index is -4.09. The van der Waals surface area contributed by atoms with Crippen LogP contribution in [0, 0.1) is 0 Å². The van der Waals surface area contributed by atoms with Crippen molar-refractivity contribution in [2.75, 3.05) is 5.75 Å². The molecule has 9 heteroatoms. The Morgan fingerprint density at radius 3 is 1.77 bits per heavy atom. The largest absolute Gasteiger partial charge is 0.481 e. The van der Waals surface area contributed by atoms with E-state index < -0.39 is 46.4 Å². The van der Waals surface area contributed by atoms with Crippen molar-refractivity contribution < 1.29 is 37.5 Å². The highest BCUT2D eigenvalue weighted by atomic mass is 32.2. The summed E-state index contributed by atoms with van der Waals surface area (Å²) < 4.78 is 35.8. The van der Waals surface area contributed by atoms with Crippen molar-refractivity contribution in [1.82, 2.24) is 0 Å². The second-order valence-corrected chi connectivity index (χ2v) is 9.50. The number of unbranched alkanes of at least 4 members (excludes halogenated alkanes) is 10. The normalized spacial score (nSPS) is 13.7. The number of hydrogen-bond acceptors (Lipinski definition) is 6. The van der Waals surface area contributed by atoms with E-state index >= 15 is 0 Å². The molecular weight excluding hydrogens is 412 g/mol. The number of aliphatic carboxylic acids is 1. The molecule has 0 radical (unpaired) electrons. The fourth-order valence-electron chi connectivity index (χ4n) is 3.28. The SMILES string of the molecule is CCCCCCCCCCCCCC(CCCS(=O)(=O)O)OC(=O)C(O)CC(=O)O. The number of carbonyl (C=O) groups is 2. The van der Waals surface area contributed by atoms with Crippen LogP contribution < -0.4 is 0 Å². The van der Waals surface area contributed by atoms with E-state index in [0.29, 0.717) is 6.42 Å². The molecule has 0 aromatic heterocycles. The molecule has 0 amide bonds. The van der Waals surface area contributed by atoms with Gasteiger partial charge in [-0.2, -0.15) is 8.42 Å². The van der Waals surface area contributed by atoms with Crippen molar-refractivity contribution in [3.05, 3.63) is 0 Å². The van der Waals surface area contributed by atoms with Gasteiger partial charge in [0.15, 0.2) is 6.10 Å². The van der Waals surface area contributed by atoms with E-state index in [1.807, 2.05) is 0 Å². The van der Waals surface area contributed by atoms with Crippen molar-refractivity contribution in [1.29, 1.82) is 0 Å². The third-order valence-corrected chi connectivity index (χ3v) is 5.79. The Bertz CT molecular complexity index is 561. The van der Waals surface area contributed by atoms with Crippen molar-refractivity contribution in [3.63, 3.8) is 0 Å². The van der Waals surface area contributed by atoms with Gasteiger partial charge >= 0.3 is 11.9 Å². The zero-order chi connectivity index (χ0) is 22.8. The number of ether oxygens (including phenoxy) is 1. The van der Waals surface area contributed by atoms with Crippen LogP contribution in [-0.2, 0) is 24.4 Å². The second-order valence-electron chi connectivity index (χ2n) is 7.93. The summed E-state index contributed by atoms with van der Waals surface area (Å²) in [5.74, 6) is -2.76. The number of carboxylic acids is 1. The Morgan fingerprint density at radius 1 is 0.833 bits per heavy atom. The highest BCUT2D eigenvalue weighted by Crippen LogP contribution is 2.17. The maximum atomic E-state index is 11.8. The van der Waals surface area contributed by atoms with Gasteiger partial charge in [0.05, 0.1) is 12.2 Å². The molecule has 0 rings (SSSR count). The lowest BCUT2D eigenvalue weighted by Gasteiger charge is -2.19. The highest BCUT2D eigenvalue weighted by Gasteiger charge is 2.24. The Hall–Kier alpha value is -1.19. The van der Waals surface area contributed by atoms with Crippen LogP contribution in [0.5, 0.6) is 0 Å². The van der Waals surface area contributed by atoms with E-state index in [0.717, 1.165) is 25.7 Å². The number of carboxylic acid groups (broad SMARTS) is 1. The maximum Gasteiger partial charge on any atom is 0.335 e. The maximum absolute atomic E-state index is 11.8.